The van der Waals surface area contributed by atoms with Crippen LogP contribution in [-0.2, 0) is 11.3 Å². The Morgan fingerprint density at radius 2 is 2.00 bits per heavy atom. The molecule has 0 spiro atoms. The van der Waals surface area contributed by atoms with E-state index < -0.39 is 0 Å². The van der Waals surface area contributed by atoms with Gasteiger partial charge in [-0.15, -0.1) is 0 Å². The van der Waals surface area contributed by atoms with Crippen LogP contribution < -0.4 is 10.2 Å². The van der Waals surface area contributed by atoms with Crippen molar-refractivity contribution in [3.63, 3.8) is 0 Å². The maximum Gasteiger partial charge on any atom is 0.123 e. The van der Waals surface area contributed by atoms with Crippen LogP contribution in [0, 0.1) is 11.7 Å². The maximum atomic E-state index is 13.5. The quantitative estimate of drug-likeness (QED) is 0.793. The van der Waals surface area contributed by atoms with E-state index in [0.717, 1.165) is 17.8 Å². The third kappa shape index (κ3) is 5.10. The zero-order valence-corrected chi connectivity index (χ0v) is 13.2. The Morgan fingerprint density at radius 3 is 2.60 bits per heavy atom. The summed E-state index contributed by atoms with van der Waals surface area (Å²) in [6.07, 6.45) is 0. The molecule has 0 saturated carbocycles. The molecule has 0 fully saturated rings. The van der Waals surface area contributed by atoms with E-state index in [-0.39, 0.29) is 11.9 Å². The fourth-order valence-electron chi connectivity index (χ4n) is 2.13. The first-order valence-electron chi connectivity index (χ1n) is 7.16. The molecule has 0 bridgehead atoms. The van der Waals surface area contributed by atoms with E-state index in [2.05, 4.69) is 31.0 Å². The van der Waals surface area contributed by atoms with Gasteiger partial charge in [0.25, 0.3) is 0 Å². The molecule has 0 radical (unpaired) electrons. The number of methoxy groups -OCH3 is 1. The van der Waals surface area contributed by atoms with E-state index in [0.29, 0.717) is 19.1 Å². The van der Waals surface area contributed by atoms with E-state index in [4.69, 9.17) is 4.74 Å². The van der Waals surface area contributed by atoms with Gasteiger partial charge in [-0.05, 0) is 43.1 Å². The standard InChI is InChI=1S/C16H27FN2O/c1-12(2)9-18-10-14-8-15(17)6-7-16(14)19(4)13(3)11-20-5/h6-8,12-13,18H,9-11H2,1-5H3. The summed E-state index contributed by atoms with van der Waals surface area (Å²) in [6, 6.07) is 5.21. The summed E-state index contributed by atoms with van der Waals surface area (Å²) in [4.78, 5) is 2.13. The first-order chi connectivity index (χ1) is 9.45. The van der Waals surface area contributed by atoms with Crippen molar-refractivity contribution < 1.29 is 9.13 Å². The van der Waals surface area contributed by atoms with Gasteiger partial charge in [0, 0.05) is 32.4 Å². The molecular weight excluding hydrogens is 255 g/mol. The number of rotatable bonds is 8. The second-order valence-electron chi connectivity index (χ2n) is 5.71. The number of hydrogen-bond acceptors (Lipinski definition) is 3. The van der Waals surface area contributed by atoms with E-state index >= 15 is 0 Å². The number of nitrogens with zero attached hydrogens (tertiary/aromatic N) is 1. The Balaban J connectivity index is 2.83. The molecule has 0 amide bonds. The smallest absolute Gasteiger partial charge is 0.123 e. The summed E-state index contributed by atoms with van der Waals surface area (Å²) in [5.74, 6) is 0.389. The minimum atomic E-state index is -0.192. The molecule has 4 heteroatoms. The molecule has 1 unspecified atom stereocenters. The Labute approximate surface area is 122 Å². The van der Waals surface area contributed by atoms with Crippen molar-refractivity contribution in [3.05, 3.63) is 29.6 Å². The van der Waals surface area contributed by atoms with Crippen LogP contribution in [0.5, 0.6) is 0 Å². The summed E-state index contributed by atoms with van der Waals surface area (Å²) < 4.78 is 18.7. The fraction of sp³-hybridized carbons (Fsp3) is 0.625. The highest BCUT2D eigenvalue weighted by molar-refractivity contribution is 5.54. The highest BCUT2D eigenvalue weighted by Gasteiger charge is 2.14. The van der Waals surface area contributed by atoms with Crippen LogP contribution in [-0.4, -0.2) is 33.4 Å². The third-order valence-corrected chi connectivity index (χ3v) is 3.36. The van der Waals surface area contributed by atoms with Gasteiger partial charge in [-0.3, -0.25) is 0 Å². The predicted octanol–water partition coefficient (Wildman–Crippen LogP) is 3.04. The van der Waals surface area contributed by atoms with Crippen LogP contribution in [0.25, 0.3) is 0 Å². The van der Waals surface area contributed by atoms with Crippen LogP contribution in [0.3, 0.4) is 0 Å². The lowest BCUT2D eigenvalue weighted by atomic mass is 10.1. The molecule has 0 saturated heterocycles. The molecule has 1 N–H and O–H groups in total. The van der Waals surface area contributed by atoms with Crippen LogP contribution in [0.1, 0.15) is 26.3 Å². The lowest BCUT2D eigenvalue weighted by Gasteiger charge is -2.28. The first kappa shape index (κ1) is 16.9. The van der Waals surface area contributed by atoms with E-state index in [1.165, 1.54) is 6.07 Å². The van der Waals surface area contributed by atoms with Gasteiger partial charge < -0.3 is 15.0 Å². The van der Waals surface area contributed by atoms with Crippen LogP contribution >= 0.6 is 0 Å². The molecule has 1 aromatic rings. The highest BCUT2D eigenvalue weighted by atomic mass is 19.1. The normalized spacial score (nSPS) is 12.8. The van der Waals surface area contributed by atoms with E-state index in [9.17, 15) is 4.39 Å². The molecule has 0 aliphatic rings. The number of halogens is 1. The Kier molecular flexibility index (Phi) is 6.96. The monoisotopic (exact) mass is 282 g/mol. The first-order valence-corrected chi connectivity index (χ1v) is 7.16. The summed E-state index contributed by atoms with van der Waals surface area (Å²) in [6.45, 7) is 8.66. The molecule has 1 atom stereocenters. The second-order valence-corrected chi connectivity index (χ2v) is 5.71. The third-order valence-electron chi connectivity index (χ3n) is 3.36. The van der Waals surface area contributed by atoms with Crippen molar-refractivity contribution >= 4 is 5.69 Å². The second kappa shape index (κ2) is 8.22. The van der Waals surface area contributed by atoms with Crippen molar-refractivity contribution in [2.45, 2.75) is 33.4 Å². The maximum absolute atomic E-state index is 13.5. The minimum absolute atomic E-state index is 0.192. The molecule has 0 heterocycles. The Morgan fingerprint density at radius 1 is 1.30 bits per heavy atom. The molecule has 20 heavy (non-hydrogen) atoms. The summed E-state index contributed by atoms with van der Waals surface area (Å²) in [7, 11) is 3.71. The minimum Gasteiger partial charge on any atom is -0.383 e. The number of anilines is 1. The SMILES string of the molecule is COCC(C)N(C)c1ccc(F)cc1CNCC(C)C. The molecule has 114 valence electrons. The lowest BCUT2D eigenvalue weighted by molar-refractivity contribution is 0.183. The van der Waals surface area contributed by atoms with Gasteiger partial charge in [-0.1, -0.05) is 13.8 Å². The molecule has 1 rings (SSSR count). The number of benzene rings is 1. The van der Waals surface area contributed by atoms with Crippen LogP contribution in [0.2, 0.25) is 0 Å². The summed E-state index contributed by atoms with van der Waals surface area (Å²) in [5.41, 5.74) is 2.03. The Hall–Kier alpha value is -1.13. The molecule has 0 aliphatic heterocycles. The Bertz CT molecular complexity index is 409. The van der Waals surface area contributed by atoms with Crippen LogP contribution in [0.4, 0.5) is 10.1 Å². The van der Waals surface area contributed by atoms with Crippen molar-refractivity contribution in [3.8, 4) is 0 Å². The van der Waals surface area contributed by atoms with Gasteiger partial charge in [0.05, 0.1) is 6.61 Å². The number of likely N-dealkylation sites (N-methyl/N-ethyl adjacent to an activating group) is 1. The summed E-state index contributed by atoms with van der Waals surface area (Å²) in [5, 5.41) is 3.37. The largest absolute Gasteiger partial charge is 0.383 e. The molecule has 0 aliphatic carbocycles. The number of nitrogens with one attached hydrogen (secondary N) is 1. The van der Waals surface area contributed by atoms with Gasteiger partial charge in [0.1, 0.15) is 5.82 Å². The zero-order valence-electron chi connectivity index (χ0n) is 13.2. The van der Waals surface area contributed by atoms with Gasteiger partial charge in [0.2, 0.25) is 0 Å². The van der Waals surface area contributed by atoms with Crippen molar-refractivity contribution in [2.24, 2.45) is 5.92 Å². The average Bonchev–Trinajstić information content (AvgIpc) is 2.38. The van der Waals surface area contributed by atoms with Gasteiger partial charge in [0.15, 0.2) is 0 Å². The molecule has 0 aromatic heterocycles. The average molecular weight is 282 g/mol. The molecule has 1 aromatic carbocycles. The van der Waals surface area contributed by atoms with E-state index in [1.807, 2.05) is 13.1 Å². The van der Waals surface area contributed by atoms with Gasteiger partial charge in [-0.2, -0.15) is 0 Å². The summed E-state index contributed by atoms with van der Waals surface area (Å²) >= 11 is 0. The number of ether oxygens (including phenoxy) is 1. The van der Waals surface area contributed by atoms with Crippen LogP contribution in [0.15, 0.2) is 18.2 Å². The highest BCUT2D eigenvalue weighted by Crippen LogP contribution is 2.22. The zero-order chi connectivity index (χ0) is 15.1. The molecular formula is C16H27FN2O. The lowest BCUT2D eigenvalue weighted by Crippen LogP contribution is -2.33. The van der Waals surface area contributed by atoms with Gasteiger partial charge in [-0.25, -0.2) is 4.39 Å². The van der Waals surface area contributed by atoms with Crippen molar-refractivity contribution in [1.82, 2.24) is 5.32 Å². The predicted molar refractivity (Wildman–Crippen MR) is 82.7 cm³/mol. The fourth-order valence-corrected chi connectivity index (χ4v) is 2.13. The topological polar surface area (TPSA) is 24.5 Å². The van der Waals surface area contributed by atoms with Gasteiger partial charge >= 0.3 is 0 Å². The number of hydrogen-bond donors (Lipinski definition) is 1. The molecule has 3 nitrogen and oxygen atoms in total. The van der Waals surface area contributed by atoms with Crippen molar-refractivity contribution in [2.75, 3.05) is 32.2 Å². The van der Waals surface area contributed by atoms with E-state index in [1.54, 1.807) is 13.2 Å². The van der Waals surface area contributed by atoms with Crippen molar-refractivity contribution in [1.29, 1.82) is 0 Å².